The van der Waals surface area contributed by atoms with E-state index in [1.807, 2.05) is 13.0 Å². The Morgan fingerprint density at radius 1 is 1.42 bits per heavy atom. The molecular formula is C14H11NO4. The number of nitrogens with zero attached hydrogens (tertiary/aromatic N) is 1. The lowest BCUT2D eigenvalue weighted by atomic mass is 10.1. The molecule has 0 fully saturated rings. The van der Waals surface area contributed by atoms with Crippen LogP contribution in [0.2, 0.25) is 0 Å². The van der Waals surface area contributed by atoms with Gasteiger partial charge in [0.25, 0.3) is 0 Å². The lowest BCUT2D eigenvalue weighted by Gasteiger charge is -2.07. The summed E-state index contributed by atoms with van der Waals surface area (Å²) in [5, 5.41) is 17.5. The maximum atomic E-state index is 10.7. The number of nitriles is 1. The van der Waals surface area contributed by atoms with Crippen molar-refractivity contribution >= 4 is 5.97 Å². The molecule has 2 aromatic rings. The molecule has 0 saturated carbocycles. The molecule has 5 heteroatoms. The summed E-state index contributed by atoms with van der Waals surface area (Å²) in [7, 11) is 0. The average Bonchev–Trinajstić information content (AvgIpc) is 2.87. The number of aromatic carboxylic acids is 1. The third-order valence-electron chi connectivity index (χ3n) is 2.56. The molecule has 2 rings (SSSR count). The molecule has 0 aliphatic heterocycles. The second kappa shape index (κ2) is 5.27. The molecule has 0 bridgehead atoms. The first-order chi connectivity index (χ1) is 9.10. The van der Waals surface area contributed by atoms with Crippen LogP contribution in [-0.2, 0) is 6.61 Å². The van der Waals surface area contributed by atoms with E-state index in [-0.39, 0.29) is 12.4 Å². The number of furan rings is 1. The lowest BCUT2D eigenvalue weighted by Crippen LogP contribution is -1.97. The van der Waals surface area contributed by atoms with Crippen LogP contribution in [0.25, 0.3) is 0 Å². The first kappa shape index (κ1) is 12.7. The summed E-state index contributed by atoms with van der Waals surface area (Å²) >= 11 is 0. The molecule has 0 spiro atoms. The number of carboxylic acids is 1. The molecule has 0 aliphatic carbocycles. The number of hydrogen-bond donors (Lipinski definition) is 1. The fraction of sp³-hybridized carbons (Fsp3) is 0.143. The zero-order chi connectivity index (χ0) is 13.8. The monoisotopic (exact) mass is 257 g/mol. The molecule has 5 nitrogen and oxygen atoms in total. The van der Waals surface area contributed by atoms with Gasteiger partial charge in [-0.2, -0.15) is 5.26 Å². The summed E-state index contributed by atoms with van der Waals surface area (Å²) in [5.74, 6) is -0.249. The van der Waals surface area contributed by atoms with Gasteiger partial charge in [0.15, 0.2) is 0 Å². The molecule has 0 unspecified atom stereocenters. The van der Waals surface area contributed by atoms with Gasteiger partial charge in [-0.25, -0.2) is 4.79 Å². The maximum absolute atomic E-state index is 10.7. The Balaban J connectivity index is 2.09. The third-order valence-corrected chi connectivity index (χ3v) is 2.56. The largest absolute Gasteiger partial charge is 0.485 e. The van der Waals surface area contributed by atoms with E-state index >= 15 is 0 Å². The number of carboxylic acid groups (broad SMARTS) is 1. The van der Waals surface area contributed by atoms with Crippen molar-refractivity contribution in [2.24, 2.45) is 0 Å². The van der Waals surface area contributed by atoms with Crippen LogP contribution < -0.4 is 4.74 Å². The Kier molecular flexibility index (Phi) is 3.53. The Morgan fingerprint density at radius 3 is 2.84 bits per heavy atom. The first-order valence-electron chi connectivity index (χ1n) is 5.55. The van der Waals surface area contributed by atoms with Crippen LogP contribution in [-0.4, -0.2) is 11.1 Å². The van der Waals surface area contributed by atoms with Gasteiger partial charge in [-0.05, 0) is 36.8 Å². The standard InChI is InChI=1S/C14H11NO4/c1-9-2-3-10(7-15)6-13(9)18-8-11-4-5-12(19-11)14(16)17/h2-6H,8H2,1H3,(H,16,17). The molecule has 1 aromatic heterocycles. The third kappa shape index (κ3) is 2.93. The second-order valence-electron chi connectivity index (χ2n) is 3.95. The molecule has 0 atom stereocenters. The number of aryl methyl sites for hydroxylation is 1. The van der Waals surface area contributed by atoms with Crippen molar-refractivity contribution in [2.75, 3.05) is 0 Å². The Labute approximate surface area is 109 Å². The van der Waals surface area contributed by atoms with Crippen molar-refractivity contribution in [3.05, 3.63) is 53.0 Å². The van der Waals surface area contributed by atoms with E-state index in [2.05, 4.69) is 0 Å². The van der Waals surface area contributed by atoms with Gasteiger partial charge in [0.2, 0.25) is 5.76 Å². The predicted octanol–water partition coefficient (Wildman–Crippen LogP) is 2.74. The zero-order valence-corrected chi connectivity index (χ0v) is 10.2. The van der Waals surface area contributed by atoms with Crippen molar-refractivity contribution in [1.29, 1.82) is 5.26 Å². The van der Waals surface area contributed by atoms with E-state index in [1.54, 1.807) is 24.3 Å². The number of hydrogen-bond acceptors (Lipinski definition) is 4. The highest BCUT2D eigenvalue weighted by Crippen LogP contribution is 2.21. The fourth-order valence-electron chi connectivity index (χ4n) is 1.54. The summed E-state index contributed by atoms with van der Waals surface area (Å²) < 4.78 is 10.6. The van der Waals surface area contributed by atoms with E-state index in [0.29, 0.717) is 17.1 Å². The molecule has 0 radical (unpaired) electrons. The SMILES string of the molecule is Cc1ccc(C#N)cc1OCc1ccc(C(=O)O)o1. The topological polar surface area (TPSA) is 83.5 Å². The van der Waals surface area contributed by atoms with Crippen LogP contribution in [0.15, 0.2) is 34.7 Å². The van der Waals surface area contributed by atoms with Gasteiger partial charge < -0.3 is 14.3 Å². The van der Waals surface area contributed by atoms with Crippen LogP contribution in [0, 0.1) is 18.3 Å². The molecule has 1 aromatic carbocycles. The van der Waals surface area contributed by atoms with Gasteiger partial charge in [-0.15, -0.1) is 0 Å². The highest BCUT2D eigenvalue weighted by atomic mass is 16.5. The van der Waals surface area contributed by atoms with Gasteiger partial charge >= 0.3 is 5.97 Å². The molecule has 0 saturated heterocycles. The highest BCUT2D eigenvalue weighted by molar-refractivity contribution is 5.84. The molecule has 96 valence electrons. The van der Waals surface area contributed by atoms with Crippen molar-refractivity contribution < 1.29 is 19.1 Å². The molecular weight excluding hydrogens is 246 g/mol. The number of benzene rings is 1. The second-order valence-corrected chi connectivity index (χ2v) is 3.95. The van der Waals surface area contributed by atoms with E-state index in [1.165, 1.54) is 6.07 Å². The predicted molar refractivity (Wildman–Crippen MR) is 65.9 cm³/mol. The number of carbonyl (C=O) groups is 1. The van der Waals surface area contributed by atoms with Crippen molar-refractivity contribution in [2.45, 2.75) is 13.5 Å². The minimum Gasteiger partial charge on any atom is -0.485 e. The van der Waals surface area contributed by atoms with Crippen molar-refractivity contribution in [3.8, 4) is 11.8 Å². The van der Waals surface area contributed by atoms with Crippen molar-refractivity contribution in [1.82, 2.24) is 0 Å². The summed E-state index contributed by atoms with van der Waals surface area (Å²) in [6, 6.07) is 10.1. The first-order valence-corrected chi connectivity index (χ1v) is 5.55. The Morgan fingerprint density at radius 2 is 2.21 bits per heavy atom. The van der Waals surface area contributed by atoms with Crippen LogP contribution >= 0.6 is 0 Å². The zero-order valence-electron chi connectivity index (χ0n) is 10.2. The van der Waals surface area contributed by atoms with Gasteiger partial charge in [0.1, 0.15) is 18.1 Å². The van der Waals surface area contributed by atoms with E-state index in [4.69, 9.17) is 19.5 Å². The number of rotatable bonds is 4. The van der Waals surface area contributed by atoms with Crippen LogP contribution in [0.1, 0.15) is 27.4 Å². The molecule has 0 amide bonds. The van der Waals surface area contributed by atoms with Gasteiger partial charge in [-0.3, -0.25) is 0 Å². The van der Waals surface area contributed by atoms with E-state index in [9.17, 15) is 4.79 Å². The van der Waals surface area contributed by atoms with Gasteiger partial charge in [0.05, 0.1) is 11.6 Å². The molecule has 19 heavy (non-hydrogen) atoms. The Hall–Kier alpha value is -2.74. The minimum atomic E-state index is -1.12. The molecule has 1 N–H and O–H groups in total. The van der Waals surface area contributed by atoms with Gasteiger partial charge in [0, 0.05) is 0 Å². The minimum absolute atomic E-state index is 0.114. The highest BCUT2D eigenvalue weighted by Gasteiger charge is 2.10. The van der Waals surface area contributed by atoms with Crippen molar-refractivity contribution in [3.63, 3.8) is 0 Å². The van der Waals surface area contributed by atoms with Crippen LogP contribution in [0.4, 0.5) is 0 Å². The summed E-state index contributed by atoms with van der Waals surface area (Å²) in [4.78, 5) is 10.7. The van der Waals surface area contributed by atoms with Gasteiger partial charge in [-0.1, -0.05) is 6.07 Å². The smallest absolute Gasteiger partial charge is 0.371 e. The molecule has 0 aliphatic rings. The fourth-order valence-corrected chi connectivity index (χ4v) is 1.54. The summed E-state index contributed by atoms with van der Waals surface area (Å²) in [6.45, 7) is 1.98. The lowest BCUT2D eigenvalue weighted by molar-refractivity contribution is 0.0658. The van der Waals surface area contributed by atoms with E-state index < -0.39 is 5.97 Å². The maximum Gasteiger partial charge on any atom is 0.371 e. The number of ether oxygens (including phenoxy) is 1. The normalized spacial score (nSPS) is 9.89. The summed E-state index contributed by atoms with van der Waals surface area (Å²) in [5.41, 5.74) is 1.40. The quantitative estimate of drug-likeness (QED) is 0.910. The van der Waals surface area contributed by atoms with E-state index in [0.717, 1.165) is 5.56 Å². The molecule has 1 heterocycles. The summed E-state index contributed by atoms with van der Waals surface area (Å²) in [6.07, 6.45) is 0. The average molecular weight is 257 g/mol. The van der Waals surface area contributed by atoms with Crippen LogP contribution in [0.3, 0.4) is 0 Å². The Bertz CT molecular complexity index is 652. The van der Waals surface area contributed by atoms with Crippen LogP contribution in [0.5, 0.6) is 5.75 Å².